The second-order valence-corrected chi connectivity index (χ2v) is 8.63. The van der Waals surface area contributed by atoms with Crippen LogP contribution in [0.15, 0.2) is 52.3 Å². The monoisotopic (exact) mass is 403 g/mol. The molecule has 3 rings (SSSR count). The molecule has 146 valence electrons. The molecule has 0 amide bonds. The molecule has 1 aliphatic heterocycles. The Labute approximate surface area is 173 Å². The average molecular weight is 404 g/mol. The van der Waals surface area contributed by atoms with Crippen LogP contribution in [0.2, 0.25) is 0 Å². The van der Waals surface area contributed by atoms with E-state index in [0.29, 0.717) is 0 Å². The molecule has 1 fully saturated rings. The first-order valence-electron chi connectivity index (χ1n) is 9.74. The summed E-state index contributed by atoms with van der Waals surface area (Å²) >= 11 is 7.69. The van der Waals surface area contributed by atoms with E-state index in [9.17, 15) is 0 Å². The molecular weight excluding hydrogens is 374 g/mol. The number of anilines is 1. The van der Waals surface area contributed by atoms with Crippen LogP contribution in [0.25, 0.3) is 0 Å². The van der Waals surface area contributed by atoms with E-state index in [1.165, 1.54) is 26.6 Å². The van der Waals surface area contributed by atoms with Crippen LogP contribution in [-0.2, 0) is 0 Å². The zero-order valence-electron chi connectivity index (χ0n) is 16.4. The maximum absolute atomic E-state index is 5.85. The Balaban J connectivity index is 1.52. The summed E-state index contributed by atoms with van der Waals surface area (Å²) < 4.78 is 0. The smallest absolute Gasteiger partial charge is 0.0482 e. The van der Waals surface area contributed by atoms with Crippen LogP contribution in [0.4, 0.5) is 5.69 Å². The molecule has 5 heteroatoms. The standard InChI is InChI=1S/C22H30ClN3S/c1-18-7-8-21(19(2)17-18)27-22-6-4-3-5-20(22)24-10-12-26-15-13-25(11-9-23)14-16-26/h3-8,17,24H,9-16H2,1-2H3. The van der Waals surface area contributed by atoms with Gasteiger partial charge in [-0.2, -0.15) is 0 Å². The summed E-state index contributed by atoms with van der Waals surface area (Å²) in [6.07, 6.45) is 0. The number of piperazine rings is 1. The van der Waals surface area contributed by atoms with Crippen molar-refractivity contribution in [2.45, 2.75) is 23.6 Å². The van der Waals surface area contributed by atoms with Crippen LogP contribution in [-0.4, -0.2) is 61.5 Å². The lowest BCUT2D eigenvalue weighted by Gasteiger charge is -2.34. The second-order valence-electron chi connectivity index (χ2n) is 7.17. The van der Waals surface area contributed by atoms with Crippen LogP contribution in [0.1, 0.15) is 11.1 Å². The molecule has 0 spiro atoms. The van der Waals surface area contributed by atoms with Gasteiger partial charge in [-0.3, -0.25) is 9.80 Å². The van der Waals surface area contributed by atoms with Gasteiger partial charge in [0.05, 0.1) is 0 Å². The fraction of sp³-hybridized carbons (Fsp3) is 0.455. The lowest BCUT2D eigenvalue weighted by Crippen LogP contribution is -2.48. The molecule has 0 aromatic heterocycles. The van der Waals surface area contributed by atoms with Crippen molar-refractivity contribution in [3.05, 3.63) is 53.6 Å². The topological polar surface area (TPSA) is 18.5 Å². The van der Waals surface area contributed by atoms with Crippen LogP contribution in [0, 0.1) is 13.8 Å². The first-order chi connectivity index (χ1) is 13.2. The van der Waals surface area contributed by atoms with Crippen molar-refractivity contribution in [1.82, 2.24) is 9.80 Å². The first-order valence-corrected chi connectivity index (χ1v) is 11.1. The second kappa shape index (κ2) is 10.4. The first kappa shape index (κ1) is 20.5. The third kappa shape index (κ3) is 6.15. The Morgan fingerprint density at radius 1 is 0.926 bits per heavy atom. The number of aryl methyl sites for hydroxylation is 2. The molecule has 0 radical (unpaired) electrons. The molecule has 1 saturated heterocycles. The fourth-order valence-electron chi connectivity index (χ4n) is 3.44. The summed E-state index contributed by atoms with van der Waals surface area (Å²) in [6, 6.07) is 15.3. The van der Waals surface area contributed by atoms with Crippen LogP contribution >= 0.6 is 23.4 Å². The molecule has 0 atom stereocenters. The summed E-state index contributed by atoms with van der Waals surface area (Å²) in [5.74, 6) is 0.733. The normalized spacial score (nSPS) is 15.8. The highest BCUT2D eigenvalue weighted by Crippen LogP contribution is 2.35. The number of halogens is 1. The van der Waals surface area contributed by atoms with Crippen molar-refractivity contribution in [1.29, 1.82) is 0 Å². The molecule has 0 aliphatic carbocycles. The van der Waals surface area contributed by atoms with Crippen molar-refractivity contribution in [3.8, 4) is 0 Å². The van der Waals surface area contributed by atoms with E-state index in [0.717, 1.165) is 51.7 Å². The summed E-state index contributed by atoms with van der Waals surface area (Å²) in [5, 5.41) is 3.65. The maximum atomic E-state index is 5.85. The van der Waals surface area contributed by atoms with Gasteiger partial charge in [-0.1, -0.05) is 41.6 Å². The number of rotatable bonds is 8. The molecule has 0 bridgehead atoms. The SMILES string of the molecule is Cc1ccc(Sc2ccccc2NCCN2CCN(CCCl)CC2)c(C)c1. The summed E-state index contributed by atoms with van der Waals surface area (Å²) in [7, 11) is 0. The van der Waals surface area contributed by atoms with Gasteiger partial charge in [0, 0.05) is 67.2 Å². The minimum absolute atomic E-state index is 0.733. The number of nitrogens with one attached hydrogen (secondary N) is 1. The van der Waals surface area contributed by atoms with Crippen molar-refractivity contribution in [2.75, 3.05) is 57.0 Å². The van der Waals surface area contributed by atoms with Gasteiger partial charge in [0.25, 0.3) is 0 Å². The molecule has 1 aliphatic rings. The molecule has 0 unspecified atom stereocenters. The average Bonchev–Trinajstić information content (AvgIpc) is 2.67. The number of nitrogens with zero attached hydrogens (tertiary/aromatic N) is 2. The Bertz CT molecular complexity index is 729. The van der Waals surface area contributed by atoms with Crippen molar-refractivity contribution >= 4 is 29.1 Å². The maximum Gasteiger partial charge on any atom is 0.0482 e. The summed E-state index contributed by atoms with van der Waals surface area (Å²) in [4.78, 5) is 7.60. The Hall–Kier alpha value is -1.20. The summed E-state index contributed by atoms with van der Waals surface area (Å²) in [6.45, 7) is 11.9. The number of hydrogen-bond acceptors (Lipinski definition) is 4. The van der Waals surface area contributed by atoms with Gasteiger partial charge in [-0.25, -0.2) is 0 Å². The van der Waals surface area contributed by atoms with E-state index in [2.05, 4.69) is 71.4 Å². The molecular formula is C22H30ClN3S. The number of benzene rings is 2. The largest absolute Gasteiger partial charge is 0.383 e. The molecule has 3 nitrogen and oxygen atoms in total. The van der Waals surface area contributed by atoms with E-state index >= 15 is 0 Å². The van der Waals surface area contributed by atoms with Gasteiger partial charge >= 0.3 is 0 Å². The zero-order valence-corrected chi connectivity index (χ0v) is 18.0. The lowest BCUT2D eigenvalue weighted by atomic mass is 10.2. The Morgan fingerprint density at radius 3 is 2.33 bits per heavy atom. The molecule has 1 N–H and O–H groups in total. The van der Waals surface area contributed by atoms with Crippen molar-refractivity contribution in [3.63, 3.8) is 0 Å². The van der Waals surface area contributed by atoms with E-state index in [4.69, 9.17) is 11.6 Å². The van der Waals surface area contributed by atoms with E-state index < -0.39 is 0 Å². The molecule has 1 heterocycles. The van der Waals surface area contributed by atoms with Gasteiger partial charge in [0.15, 0.2) is 0 Å². The van der Waals surface area contributed by atoms with Crippen LogP contribution in [0.3, 0.4) is 0 Å². The summed E-state index contributed by atoms with van der Waals surface area (Å²) in [5.41, 5.74) is 3.88. The third-order valence-corrected chi connectivity index (χ3v) is 6.47. The van der Waals surface area contributed by atoms with Gasteiger partial charge < -0.3 is 5.32 Å². The predicted molar refractivity (Wildman–Crippen MR) is 119 cm³/mol. The quantitative estimate of drug-likeness (QED) is 0.642. The molecule has 2 aromatic carbocycles. The predicted octanol–water partition coefficient (Wildman–Crippen LogP) is 4.72. The molecule has 2 aromatic rings. The number of alkyl halides is 1. The molecule has 27 heavy (non-hydrogen) atoms. The molecule has 0 saturated carbocycles. The van der Waals surface area contributed by atoms with E-state index in [1.54, 1.807) is 0 Å². The highest BCUT2D eigenvalue weighted by atomic mass is 35.5. The van der Waals surface area contributed by atoms with Crippen molar-refractivity contribution < 1.29 is 0 Å². The third-order valence-electron chi connectivity index (χ3n) is 5.05. The Morgan fingerprint density at radius 2 is 1.63 bits per heavy atom. The zero-order chi connectivity index (χ0) is 19.1. The van der Waals surface area contributed by atoms with Gasteiger partial charge in [-0.05, 0) is 37.6 Å². The van der Waals surface area contributed by atoms with Gasteiger partial charge in [0.2, 0.25) is 0 Å². The van der Waals surface area contributed by atoms with E-state index in [1.807, 2.05) is 11.8 Å². The Kier molecular flexibility index (Phi) is 7.89. The van der Waals surface area contributed by atoms with Crippen LogP contribution in [0.5, 0.6) is 0 Å². The van der Waals surface area contributed by atoms with Crippen molar-refractivity contribution in [2.24, 2.45) is 0 Å². The minimum Gasteiger partial charge on any atom is -0.383 e. The van der Waals surface area contributed by atoms with Gasteiger partial charge in [-0.15, -0.1) is 11.6 Å². The highest BCUT2D eigenvalue weighted by Gasteiger charge is 2.15. The fourth-order valence-corrected chi connectivity index (χ4v) is 4.67. The van der Waals surface area contributed by atoms with Crippen LogP contribution < -0.4 is 5.32 Å². The number of para-hydroxylation sites is 1. The number of hydrogen-bond donors (Lipinski definition) is 1. The van der Waals surface area contributed by atoms with E-state index in [-0.39, 0.29) is 0 Å². The van der Waals surface area contributed by atoms with Gasteiger partial charge in [0.1, 0.15) is 0 Å². The highest BCUT2D eigenvalue weighted by molar-refractivity contribution is 7.99. The minimum atomic E-state index is 0.733. The lowest BCUT2D eigenvalue weighted by molar-refractivity contribution is 0.142.